The van der Waals surface area contributed by atoms with Crippen molar-refractivity contribution in [2.45, 2.75) is 35.1 Å². The van der Waals surface area contributed by atoms with Crippen LogP contribution in [0.4, 0.5) is 37.7 Å². The van der Waals surface area contributed by atoms with E-state index < -0.39 is 75.4 Å². The topological polar surface area (TPSA) is 107 Å². The van der Waals surface area contributed by atoms with Crippen molar-refractivity contribution >= 4 is 52.2 Å². The first kappa shape index (κ1) is 34.1. The summed E-state index contributed by atoms with van der Waals surface area (Å²) >= 11 is 1.44. The van der Waals surface area contributed by atoms with E-state index in [1.807, 2.05) is 0 Å². The van der Waals surface area contributed by atoms with Crippen LogP contribution in [-0.2, 0) is 33.3 Å². The standard InChI is InChI=1S/C32H23F6N3O6S2/c1-46-20-11-10-15(12-21(20)47-2)23-24-25(28(44)41(27(24)43)19-9-4-3-8-18(19)32(36,37)38)48-29-26(23)49-30(45)40(29)14-22(42)39-17-7-5-6-16(13-17)31(33,34)35/h3-13,23-25H,14H2,1-2H3,(H,39,42). The normalized spacial score (nSPS) is 19.0. The minimum absolute atomic E-state index is 0.113. The van der Waals surface area contributed by atoms with Crippen LogP contribution < -0.4 is 24.6 Å². The van der Waals surface area contributed by atoms with E-state index in [1.54, 1.807) is 6.07 Å². The third kappa shape index (κ3) is 6.16. The zero-order valence-electron chi connectivity index (χ0n) is 25.2. The van der Waals surface area contributed by atoms with E-state index in [0.29, 0.717) is 27.5 Å². The summed E-state index contributed by atoms with van der Waals surface area (Å²) in [6.45, 7) is -0.674. The molecule has 17 heteroatoms. The van der Waals surface area contributed by atoms with Crippen molar-refractivity contribution in [3.8, 4) is 11.5 Å². The Balaban J connectivity index is 1.44. The Labute approximate surface area is 281 Å². The molecule has 3 aromatic carbocycles. The lowest BCUT2D eigenvalue weighted by Crippen LogP contribution is -2.33. The van der Waals surface area contributed by atoms with Gasteiger partial charge in [0.2, 0.25) is 17.7 Å². The first-order chi connectivity index (χ1) is 23.1. The van der Waals surface area contributed by atoms with Crippen LogP contribution in [0, 0.1) is 5.92 Å². The fraction of sp³-hybridized carbons (Fsp3) is 0.250. The van der Waals surface area contributed by atoms with Gasteiger partial charge < -0.3 is 14.8 Å². The number of anilines is 2. The van der Waals surface area contributed by atoms with Gasteiger partial charge in [0, 0.05) is 16.5 Å². The summed E-state index contributed by atoms with van der Waals surface area (Å²) in [5.41, 5.74) is -2.64. The molecule has 3 amide bonds. The second-order valence-corrected chi connectivity index (χ2v) is 13.1. The van der Waals surface area contributed by atoms with Gasteiger partial charge >= 0.3 is 17.2 Å². The molecule has 0 radical (unpaired) electrons. The van der Waals surface area contributed by atoms with Gasteiger partial charge in [-0.1, -0.05) is 47.4 Å². The average Bonchev–Trinajstić information content (AvgIpc) is 3.49. The number of halogens is 6. The highest BCUT2D eigenvalue weighted by Gasteiger charge is 2.58. The summed E-state index contributed by atoms with van der Waals surface area (Å²) in [5.74, 6) is -4.49. The van der Waals surface area contributed by atoms with Gasteiger partial charge in [0.15, 0.2) is 11.5 Å². The molecule has 0 aliphatic carbocycles. The number of rotatable bonds is 7. The van der Waals surface area contributed by atoms with Crippen molar-refractivity contribution in [3.63, 3.8) is 0 Å². The molecular weight excluding hydrogens is 700 g/mol. The van der Waals surface area contributed by atoms with Gasteiger partial charge in [-0.15, -0.1) is 0 Å². The Bertz CT molecular complexity index is 2040. The maximum absolute atomic E-state index is 14.1. The zero-order valence-corrected chi connectivity index (χ0v) is 26.9. The molecule has 1 aromatic heterocycles. The highest BCUT2D eigenvalue weighted by Crippen LogP contribution is 2.55. The zero-order chi connectivity index (χ0) is 35.4. The van der Waals surface area contributed by atoms with Crippen molar-refractivity contribution < 1.29 is 50.2 Å². The molecular formula is C32H23F6N3O6S2. The number of fused-ring (bicyclic) bond motifs is 2. The van der Waals surface area contributed by atoms with Gasteiger partial charge in [0.25, 0.3) is 0 Å². The lowest BCUT2D eigenvalue weighted by molar-refractivity contribution is -0.138. The van der Waals surface area contributed by atoms with E-state index in [-0.39, 0.29) is 21.3 Å². The first-order valence-electron chi connectivity index (χ1n) is 14.3. The highest BCUT2D eigenvalue weighted by molar-refractivity contribution is 8.00. The van der Waals surface area contributed by atoms with Crippen LogP contribution in [-0.4, -0.2) is 41.8 Å². The minimum atomic E-state index is -4.90. The van der Waals surface area contributed by atoms with E-state index in [0.717, 1.165) is 52.7 Å². The number of ether oxygens (including phenoxy) is 2. The molecule has 0 saturated carbocycles. The summed E-state index contributed by atoms with van der Waals surface area (Å²) in [6.07, 6.45) is -9.57. The molecule has 4 aromatic rings. The molecule has 1 saturated heterocycles. The van der Waals surface area contributed by atoms with Crippen molar-refractivity contribution in [2.75, 3.05) is 24.4 Å². The Hall–Kier alpha value is -4.77. The van der Waals surface area contributed by atoms with Crippen LogP contribution >= 0.6 is 23.1 Å². The monoisotopic (exact) mass is 723 g/mol. The number of aromatic nitrogens is 1. The quantitative estimate of drug-likeness (QED) is 0.174. The summed E-state index contributed by atoms with van der Waals surface area (Å²) in [7, 11) is 2.76. The Morgan fingerprint density at radius 1 is 0.857 bits per heavy atom. The summed E-state index contributed by atoms with van der Waals surface area (Å²) in [4.78, 5) is 54.6. The lowest BCUT2D eigenvalue weighted by Gasteiger charge is -2.31. The number of amides is 3. The number of para-hydroxylation sites is 1. The smallest absolute Gasteiger partial charge is 0.418 e. The number of benzene rings is 3. The Kier molecular flexibility index (Phi) is 8.77. The molecule has 256 valence electrons. The number of imide groups is 1. The van der Waals surface area contributed by atoms with Crippen molar-refractivity contribution in [3.05, 3.63) is 98.0 Å². The number of carbonyl (C=O) groups is 3. The molecule has 0 spiro atoms. The number of methoxy groups -OCH3 is 2. The van der Waals surface area contributed by atoms with E-state index in [4.69, 9.17) is 9.47 Å². The molecule has 3 unspecified atom stereocenters. The number of nitrogens with one attached hydrogen (secondary N) is 1. The fourth-order valence-corrected chi connectivity index (χ4v) is 8.70. The van der Waals surface area contributed by atoms with Gasteiger partial charge in [-0.2, -0.15) is 26.3 Å². The molecule has 3 atom stereocenters. The van der Waals surface area contributed by atoms with Crippen molar-refractivity contribution in [2.24, 2.45) is 5.92 Å². The molecule has 2 aliphatic heterocycles. The molecule has 0 bridgehead atoms. The van der Waals surface area contributed by atoms with Crippen LogP contribution in [0.25, 0.3) is 0 Å². The molecule has 9 nitrogen and oxygen atoms in total. The van der Waals surface area contributed by atoms with Gasteiger partial charge in [0.1, 0.15) is 11.8 Å². The number of hydrogen-bond acceptors (Lipinski definition) is 8. The Morgan fingerprint density at radius 2 is 1.57 bits per heavy atom. The highest BCUT2D eigenvalue weighted by atomic mass is 32.2. The molecule has 3 heterocycles. The van der Waals surface area contributed by atoms with Gasteiger partial charge in [-0.05, 0) is 48.0 Å². The summed E-state index contributed by atoms with van der Waals surface area (Å²) in [6, 6.07) is 12.7. The van der Waals surface area contributed by atoms with Crippen LogP contribution in [0.1, 0.15) is 27.5 Å². The molecule has 1 fully saturated rings. The van der Waals surface area contributed by atoms with Crippen LogP contribution in [0.2, 0.25) is 0 Å². The number of thiazole rings is 1. The predicted octanol–water partition coefficient (Wildman–Crippen LogP) is 6.40. The predicted molar refractivity (Wildman–Crippen MR) is 167 cm³/mol. The van der Waals surface area contributed by atoms with Gasteiger partial charge in [-0.3, -0.25) is 23.7 Å². The summed E-state index contributed by atoms with van der Waals surface area (Å²) < 4.78 is 93.5. The maximum Gasteiger partial charge on any atom is 0.418 e. The van der Waals surface area contributed by atoms with E-state index in [2.05, 4.69) is 5.32 Å². The second-order valence-electron chi connectivity index (χ2n) is 10.9. The fourth-order valence-electron chi connectivity index (χ4n) is 5.92. The first-order valence-corrected chi connectivity index (χ1v) is 16.0. The van der Waals surface area contributed by atoms with Crippen LogP contribution in [0.3, 0.4) is 0 Å². The number of nitrogens with zero attached hydrogens (tertiary/aromatic N) is 2. The van der Waals surface area contributed by atoms with Crippen LogP contribution in [0.15, 0.2) is 76.6 Å². The molecule has 49 heavy (non-hydrogen) atoms. The number of carbonyl (C=O) groups excluding carboxylic acids is 3. The molecule has 2 aliphatic rings. The lowest BCUT2D eigenvalue weighted by atomic mass is 9.83. The summed E-state index contributed by atoms with van der Waals surface area (Å²) in [5, 5.41) is 1.14. The minimum Gasteiger partial charge on any atom is -0.493 e. The largest absolute Gasteiger partial charge is 0.493 e. The van der Waals surface area contributed by atoms with E-state index in [1.165, 1.54) is 38.5 Å². The van der Waals surface area contributed by atoms with Gasteiger partial charge in [0.05, 0.1) is 42.0 Å². The molecule has 1 N–H and O–H groups in total. The van der Waals surface area contributed by atoms with Gasteiger partial charge in [-0.25, -0.2) is 4.90 Å². The van der Waals surface area contributed by atoms with Crippen LogP contribution in [0.5, 0.6) is 11.5 Å². The average molecular weight is 724 g/mol. The second kappa shape index (κ2) is 12.6. The number of alkyl halides is 6. The maximum atomic E-state index is 14.1. The van der Waals surface area contributed by atoms with Crippen molar-refractivity contribution in [1.29, 1.82) is 0 Å². The number of hydrogen-bond donors (Lipinski definition) is 1. The Morgan fingerprint density at radius 3 is 2.24 bits per heavy atom. The van der Waals surface area contributed by atoms with E-state index in [9.17, 15) is 45.5 Å². The third-order valence-electron chi connectivity index (χ3n) is 8.04. The van der Waals surface area contributed by atoms with Crippen molar-refractivity contribution in [1.82, 2.24) is 4.57 Å². The third-order valence-corrected chi connectivity index (χ3v) is 10.6. The number of thioether (sulfide) groups is 1. The SMILES string of the molecule is COc1ccc(C2c3sc(=O)n(CC(=O)Nc4cccc(C(F)(F)F)c4)c3SC3C(=O)N(c4ccccc4C(F)(F)F)C(=O)C32)cc1OC. The van der Waals surface area contributed by atoms with E-state index >= 15 is 0 Å². The molecule has 6 rings (SSSR count).